The van der Waals surface area contributed by atoms with E-state index in [1.54, 1.807) is 7.11 Å². The van der Waals surface area contributed by atoms with E-state index in [4.69, 9.17) is 10.5 Å². The van der Waals surface area contributed by atoms with Crippen LogP contribution in [0.1, 0.15) is 45.4 Å². The summed E-state index contributed by atoms with van der Waals surface area (Å²) in [6.45, 7) is 4.75. The molecule has 1 aliphatic rings. The summed E-state index contributed by atoms with van der Waals surface area (Å²) in [5.74, 6) is -0.194. The van der Waals surface area contributed by atoms with E-state index in [-0.39, 0.29) is 5.91 Å². The molecule has 0 heterocycles. The van der Waals surface area contributed by atoms with Gasteiger partial charge in [-0.25, -0.2) is 0 Å². The Balaban J connectivity index is 2.59. The zero-order valence-corrected chi connectivity index (χ0v) is 13.3. The van der Waals surface area contributed by atoms with E-state index in [1.807, 2.05) is 0 Å². The average Bonchev–Trinajstić information content (AvgIpc) is 2.45. The van der Waals surface area contributed by atoms with Crippen molar-refractivity contribution in [3.63, 3.8) is 0 Å². The van der Waals surface area contributed by atoms with Gasteiger partial charge in [-0.1, -0.05) is 6.92 Å². The lowest BCUT2D eigenvalue weighted by molar-refractivity contribution is -0.126. The maximum absolute atomic E-state index is 11.9. The molecule has 0 radical (unpaired) electrons. The highest BCUT2D eigenvalue weighted by atomic mass is 16.5. The molecule has 0 aromatic rings. The maximum Gasteiger partial charge on any atom is 0.237 e. The van der Waals surface area contributed by atoms with Gasteiger partial charge in [0.1, 0.15) is 0 Å². The summed E-state index contributed by atoms with van der Waals surface area (Å²) in [7, 11) is 3.87. The molecule has 1 fully saturated rings. The molecule has 2 atom stereocenters. The van der Waals surface area contributed by atoms with Gasteiger partial charge in [0.25, 0.3) is 0 Å². The molecule has 118 valence electrons. The fourth-order valence-electron chi connectivity index (χ4n) is 3.10. The molecule has 5 heteroatoms. The monoisotopic (exact) mass is 285 g/mol. The molecular weight excluding hydrogens is 254 g/mol. The Hall–Kier alpha value is -0.650. The van der Waals surface area contributed by atoms with E-state index in [2.05, 4.69) is 24.2 Å². The Kier molecular flexibility index (Phi) is 7.48. The van der Waals surface area contributed by atoms with Gasteiger partial charge in [0.05, 0.1) is 5.54 Å². The predicted octanol–water partition coefficient (Wildman–Crippen LogP) is 1.12. The largest absolute Gasteiger partial charge is 0.385 e. The second-order valence-electron chi connectivity index (χ2n) is 5.95. The van der Waals surface area contributed by atoms with Crippen LogP contribution < -0.4 is 11.1 Å². The Bertz CT molecular complexity index is 299. The number of nitrogens with two attached hydrogens (primary N) is 1. The molecule has 1 aliphatic carbocycles. The van der Waals surface area contributed by atoms with Gasteiger partial charge in [0.15, 0.2) is 0 Å². The SMILES string of the molecule is CCCNC1(C(N)=O)CCCC(N(C)CCCOC)C1. The third-order valence-electron chi connectivity index (χ3n) is 4.39. The van der Waals surface area contributed by atoms with Crippen LogP contribution in [-0.4, -0.2) is 56.2 Å². The number of nitrogens with zero attached hydrogens (tertiary/aromatic N) is 1. The maximum atomic E-state index is 11.9. The van der Waals surface area contributed by atoms with Crippen molar-refractivity contribution in [1.82, 2.24) is 10.2 Å². The lowest BCUT2D eigenvalue weighted by Crippen LogP contribution is -2.60. The zero-order chi connectivity index (χ0) is 15.0. The van der Waals surface area contributed by atoms with Crippen LogP contribution >= 0.6 is 0 Å². The van der Waals surface area contributed by atoms with Gasteiger partial charge >= 0.3 is 0 Å². The minimum Gasteiger partial charge on any atom is -0.385 e. The van der Waals surface area contributed by atoms with Crippen LogP contribution in [0.4, 0.5) is 0 Å². The normalized spacial score (nSPS) is 26.9. The van der Waals surface area contributed by atoms with Gasteiger partial charge in [-0.2, -0.15) is 0 Å². The number of hydrogen-bond donors (Lipinski definition) is 2. The highest BCUT2D eigenvalue weighted by Gasteiger charge is 2.41. The number of amides is 1. The fourth-order valence-corrected chi connectivity index (χ4v) is 3.10. The Morgan fingerprint density at radius 3 is 2.90 bits per heavy atom. The van der Waals surface area contributed by atoms with Crippen LogP contribution in [0.15, 0.2) is 0 Å². The molecular formula is C15H31N3O2. The number of methoxy groups -OCH3 is 1. The van der Waals surface area contributed by atoms with Crippen LogP contribution in [0.25, 0.3) is 0 Å². The van der Waals surface area contributed by atoms with Crippen LogP contribution in [0.3, 0.4) is 0 Å². The van der Waals surface area contributed by atoms with Crippen molar-refractivity contribution in [1.29, 1.82) is 0 Å². The second-order valence-corrected chi connectivity index (χ2v) is 5.95. The first-order valence-electron chi connectivity index (χ1n) is 7.80. The molecule has 5 nitrogen and oxygen atoms in total. The van der Waals surface area contributed by atoms with Crippen molar-refractivity contribution in [3.8, 4) is 0 Å². The predicted molar refractivity (Wildman–Crippen MR) is 81.6 cm³/mol. The summed E-state index contributed by atoms with van der Waals surface area (Å²) in [4.78, 5) is 14.3. The summed E-state index contributed by atoms with van der Waals surface area (Å²) in [5.41, 5.74) is 5.18. The number of carbonyl (C=O) groups excluding carboxylic acids is 1. The molecule has 0 aliphatic heterocycles. The van der Waals surface area contributed by atoms with Crippen LogP contribution in [0, 0.1) is 0 Å². The summed E-state index contributed by atoms with van der Waals surface area (Å²) in [5, 5.41) is 3.41. The number of hydrogen-bond acceptors (Lipinski definition) is 4. The first kappa shape index (κ1) is 17.4. The standard InChI is InChI=1S/C15H31N3O2/c1-4-9-17-15(14(16)19)8-5-7-13(12-15)18(2)10-6-11-20-3/h13,17H,4-12H2,1-3H3,(H2,16,19). The summed E-state index contributed by atoms with van der Waals surface area (Å²) >= 11 is 0. The van der Waals surface area contributed by atoms with E-state index < -0.39 is 5.54 Å². The summed E-state index contributed by atoms with van der Waals surface area (Å²) in [6, 6.07) is 0.428. The highest BCUT2D eigenvalue weighted by Crippen LogP contribution is 2.31. The first-order chi connectivity index (χ1) is 9.55. The minimum atomic E-state index is -0.506. The quantitative estimate of drug-likeness (QED) is 0.623. The van der Waals surface area contributed by atoms with Gasteiger partial charge in [-0.3, -0.25) is 4.79 Å². The Labute approximate surface area is 123 Å². The first-order valence-corrected chi connectivity index (χ1v) is 7.80. The second kappa shape index (κ2) is 8.60. The molecule has 0 aromatic heterocycles. The van der Waals surface area contributed by atoms with Crippen molar-refractivity contribution >= 4 is 5.91 Å². The Morgan fingerprint density at radius 2 is 2.30 bits per heavy atom. The van der Waals surface area contributed by atoms with Gasteiger partial charge in [0.2, 0.25) is 5.91 Å². The van der Waals surface area contributed by atoms with Gasteiger partial charge < -0.3 is 20.7 Å². The molecule has 1 amide bonds. The van der Waals surface area contributed by atoms with Gasteiger partial charge in [0, 0.05) is 26.3 Å². The molecule has 1 saturated carbocycles. The number of nitrogens with one attached hydrogen (secondary N) is 1. The van der Waals surface area contributed by atoms with Crippen molar-refractivity contribution in [2.75, 3.05) is 33.9 Å². The van der Waals surface area contributed by atoms with Gasteiger partial charge in [-0.05, 0) is 52.1 Å². The molecule has 20 heavy (non-hydrogen) atoms. The lowest BCUT2D eigenvalue weighted by atomic mass is 9.77. The minimum absolute atomic E-state index is 0.194. The summed E-state index contributed by atoms with van der Waals surface area (Å²) < 4.78 is 5.10. The third kappa shape index (κ3) is 4.72. The van der Waals surface area contributed by atoms with Crippen LogP contribution in [0.2, 0.25) is 0 Å². The van der Waals surface area contributed by atoms with Gasteiger partial charge in [-0.15, -0.1) is 0 Å². The molecule has 1 rings (SSSR count). The molecule has 0 aromatic carbocycles. The Morgan fingerprint density at radius 1 is 1.55 bits per heavy atom. The molecule has 3 N–H and O–H groups in total. The number of primary amides is 1. The lowest BCUT2D eigenvalue weighted by Gasteiger charge is -2.42. The fraction of sp³-hybridized carbons (Fsp3) is 0.933. The molecule has 0 saturated heterocycles. The number of carbonyl (C=O) groups is 1. The van der Waals surface area contributed by atoms with Crippen LogP contribution in [-0.2, 0) is 9.53 Å². The highest BCUT2D eigenvalue weighted by molar-refractivity contribution is 5.84. The number of ether oxygens (including phenoxy) is 1. The van der Waals surface area contributed by atoms with E-state index in [0.29, 0.717) is 6.04 Å². The zero-order valence-electron chi connectivity index (χ0n) is 13.3. The average molecular weight is 285 g/mol. The van der Waals surface area contributed by atoms with E-state index in [0.717, 1.165) is 58.2 Å². The van der Waals surface area contributed by atoms with E-state index >= 15 is 0 Å². The van der Waals surface area contributed by atoms with Crippen LogP contribution in [0.5, 0.6) is 0 Å². The summed E-state index contributed by atoms with van der Waals surface area (Å²) in [6.07, 6.45) is 5.93. The molecule has 0 bridgehead atoms. The topological polar surface area (TPSA) is 67.6 Å². The van der Waals surface area contributed by atoms with Crippen molar-refractivity contribution < 1.29 is 9.53 Å². The van der Waals surface area contributed by atoms with Crippen molar-refractivity contribution in [2.24, 2.45) is 5.73 Å². The molecule has 0 spiro atoms. The van der Waals surface area contributed by atoms with Crippen molar-refractivity contribution in [2.45, 2.75) is 57.0 Å². The van der Waals surface area contributed by atoms with E-state index in [9.17, 15) is 4.79 Å². The van der Waals surface area contributed by atoms with E-state index in [1.165, 1.54) is 0 Å². The third-order valence-corrected chi connectivity index (χ3v) is 4.39. The van der Waals surface area contributed by atoms with Crippen molar-refractivity contribution in [3.05, 3.63) is 0 Å². The number of rotatable bonds is 9. The molecule has 2 unspecified atom stereocenters. The smallest absolute Gasteiger partial charge is 0.237 e.